The van der Waals surface area contributed by atoms with Gasteiger partial charge in [-0.2, -0.15) is 0 Å². The summed E-state index contributed by atoms with van der Waals surface area (Å²) >= 11 is 9.50. The third-order valence-electron chi connectivity index (χ3n) is 5.42. The van der Waals surface area contributed by atoms with E-state index < -0.39 is 11.9 Å². The molecule has 0 bridgehead atoms. The first-order valence-corrected chi connectivity index (χ1v) is 11.7. The lowest BCUT2D eigenvalue weighted by Crippen LogP contribution is -2.30. The fourth-order valence-corrected chi connectivity index (χ4v) is 4.36. The highest BCUT2D eigenvalue weighted by Crippen LogP contribution is 2.29. The van der Waals surface area contributed by atoms with Crippen LogP contribution in [0.25, 0.3) is 16.8 Å². The van der Waals surface area contributed by atoms with E-state index in [0.717, 1.165) is 20.3 Å². The molecule has 168 valence electrons. The number of carbonyl (C=O) groups excluding carboxylic acids is 2. The summed E-state index contributed by atoms with van der Waals surface area (Å²) < 4.78 is 6.93. The number of nitrogens with one attached hydrogen (secondary N) is 1. The van der Waals surface area contributed by atoms with Gasteiger partial charge in [-0.1, -0.05) is 70.0 Å². The maximum Gasteiger partial charge on any atom is 0.333 e. The quantitative estimate of drug-likeness (QED) is 0.223. The van der Waals surface area contributed by atoms with E-state index in [0.29, 0.717) is 28.6 Å². The van der Waals surface area contributed by atoms with Gasteiger partial charge in [-0.15, -0.1) is 0 Å². The molecule has 0 saturated carbocycles. The van der Waals surface area contributed by atoms with Gasteiger partial charge < -0.3 is 10.1 Å². The molecule has 1 aliphatic heterocycles. The second-order valence-electron chi connectivity index (χ2n) is 7.76. The number of nitrogens with zero attached hydrogens (tertiary/aromatic N) is 1. The maximum atomic E-state index is 13.0. The monoisotopic (exact) mass is 532 g/mol. The van der Waals surface area contributed by atoms with Gasteiger partial charge in [-0.25, -0.2) is 9.69 Å². The summed E-state index contributed by atoms with van der Waals surface area (Å²) in [6.07, 6.45) is 1.62. The molecule has 0 unspecified atom stereocenters. The molecule has 0 radical (unpaired) electrons. The number of ether oxygens (including phenoxy) is 1. The number of amides is 3. The molecular weight excluding hydrogens is 516 g/mol. The lowest BCUT2D eigenvalue weighted by atomic mass is 10.1. The average Bonchev–Trinajstić information content (AvgIpc) is 3.11. The van der Waals surface area contributed by atoms with Crippen LogP contribution in [0.3, 0.4) is 0 Å². The number of anilines is 1. The van der Waals surface area contributed by atoms with Crippen LogP contribution in [0.15, 0.2) is 95.1 Å². The van der Waals surface area contributed by atoms with E-state index in [1.165, 1.54) is 5.39 Å². The average molecular weight is 534 g/mol. The normalized spacial score (nSPS) is 14.6. The third kappa shape index (κ3) is 4.55. The molecule has 0 aliphatic carbocycles. The van der Waals surface area contributed by atoms with Gasteiger partial charge in [0.2, 0.25) is 0 Å². The minimum atomic E-state index is -0.535. The van der Waals surface area contributed by atoms with Crippen LogP contribution in [0, 0.1) is 0 Å². The zero-order valence-corrected chi connectivity index (χ0v) is 20.1. The van der Waals surface area contributed by atoms with Crippen molar-refractivity contribution in [1.29, 1.82) is 0 Å². The van der Waals surface area contributed by atoms with Crippen molar-refractivity contribution >= 4 is 62.0 Å². The minimum Gasteiger partial charge on any atom is -0.488 e. The molecule has 3 amide bonds. The molecule has 4 aromatic carbocycles. The van der Waals surface area contributed by atoms with Crippen molar-refractivity contribution in [2.24, 2.45) is 0 Å². The number of carbonyl (C=O) groups is 2. The summed E-state index contributed by atoms with van der Waals surface area (Å²) in [5.41, 5.74) is 2.24. The standard InChI is InChI=1S/C27H18BrClN2O3/c28-21-10-11-25(34-16-17-8-9-18-4-1-2-5-19(18)12-17)20(13-21)14-24-26(32)31(27(33)30-24)23-7-3-6-22(29)15-23/h1-15H,16H2,(H,30,33)/b24-14+. The fourth-order valence-electron chi connectivity index (χ4n) is 3.79. The Hall–Kier alpha value is -3.61. The molecule has 0 spiro atoms. The molecule has 1 aliphatic rings. The molecule has 1 fully saturated rings. The lowest BCUT2D eigenvalue weighted by molar-refractivity contribution is -0.113. The molecule has 5 nitrogen and oxygen atoms in total. The summed E-state index contributed by atoms with van der Waals surface area (Å²) in [4.78, 5) is 26.6. The van der Waals surface area contributed by atoms with E-state index in [1.807, 2.05) is 36.4 Å². The van der Waals surface area contributed by atoms with Crippen molar-refractivity contribution in [2.45, 2.75) is 6.61 Å². The van der Waals surface area contributed by atoms with Crippen molar-refractivity contribution in [1.82, 2.24) is 5.32 Å². The third-order valence-corrected chi connectivity index (χ3v) is 6.15. The summed E-state index contributed by atoms with van der Waals surface area (Å²) in [5.74, 6) is 0.125. The van der Waals surface area contributed by atoms with Crippen molar-refractivity contribution in [2.75, 3.05) is 4.90 Å². The molecule has 4 aromatic rings. The van der Waals surface area contributed by atoms with Gasteiger partial charge >= 0.3 is 6.03 Å². The van der Waals surface area contributed by atoms with Crippen molar-refractivity contribution in [3.05, 3.63) is 111 Å². The summed E-state index contributed by atoms with van der Waals surface area (Å²) in [7, 11) is 0. The van der Waals surface area contributed by atoms with Crippen LogP contribution in [0.4, 0.5) is 10.5 Å². The zero-order chi connectivity index (χ0) is 23.7. The molecule has 5 rings (SSSR count). The predicted octanol–water partition coefficient (Wildman–Crippen LogP) is 6.93. The highest BCUT2D eigenvalue weighted by Gasteiger charge is 2.35. The molecule has 1 saturated heterocycles. The van der Waals surface area contributed by atoms with E-state index in [1.54, 1.807) is 30.3 Å². The van der Waals surface area contributed by atoms with Crippen LogP contribution in [0.5, 0.6) is 5.75 Å². The molecule has 1 N–H and O–H groups in total. The van der Waals surface area contributed by atoms with E-state index in [9.17, 15) is 9.59 Å². The van der Waals surface area contributed by atoms with Gasteiger partial charge in [-0.3, -0.25) is 4.79 Å². The van der Waals surface area contributed by atoms with Crippen molar-refractivity contribution in [3.8, 4) is 5.75 Å². The van der Waals surface area contributed by atoms with Crippen LogP contribution in [-0.4, -0.2) is 11.9 Å². The highest BCUT2D eigenvalue weighted by atomic mass is 79.9. The largest absolute Gasteiger partial charge is 0.488 e. The number of rotatable bonds is 5. The van der Waals surface area contributed by atoms with Crippen LogP contribution in [0.2, 0.25) is 5.02 Å². The van der Waals surface area contributed by atoms with E-state index >= 15 is 0 Å². The number of urea groups is 1. The van der Waals surface area contributed by atoms with E-state index in [-0.39, 0.29) is 5.70 Å². The first-order chi connectivity index (χ1) is 16.5. The Morgan fingerprint density at radius 2 is 1.74 bits per heavy atom. The molecule has 0 atom stereocenters. The van der Waals surface area contributed by atoms with Crippen LogP contribution in [0.1, 0.15) is 11.1 Å². The zero-order valence-electron chi connectivity index (χ0n) is 17.8. The lowest BCUT2D eigenvalue weighted by Gasteiger charge is -2.12. The minimum absolute atomic E-state index is 0.152. The Morgan fingerprint density at radius 1 is 0.912 bits per heavy atom. The number of hydrogen-bond donors (Lipinski definition) is 1. The smallest absolute Gasteiger partial charge is 0.333 e. The van der Waals surface area contributed by atoms with Crippen molar-refractivity contribution < 1.29 is 14.3 Å². The van der Waals surface area contributed by atoms with Crippen LogP contribution >= 0.6 is 27.5 Å². The Labute approximate surface area is 209 Å². The fraction of sp³-hybridized carbons (Fsp3) is 0.0370. The first kappa shape index (κ1) is 22.2. The van der Waals surface area contributed by atoms with Gasteiger partial charge in [0.05, 0.1) is 5.69 Å². The molecular formula is C27H18BrClN2O3. The van der Waals surface area contributed by atoms with Crippen LogP contribution in [-0.2, 0) is 11.4 Å². The molecule has 0 aromatic heterocycles. The van der Waals surface area contributed by atoms with E-state index in [4.69, 9.17) is 16.3 Å². The Bertz CT molecular complexity index is 1470. The number of imide groups is 1. The Kier molecular flexibility index (Phi) is 6.09. The highest BCUT2D eigenvalue weighted by molar-refractivity contribution is 9.10. The molecule has 1 heterocycles. The Balaban J connectivity index is 1.41. The summed E-state index contributed by atoms with van der Waals surface area (Å²) in [6, 6.07) is 25.9. The van der Waals surface area contributed by atoms with Crippen molar-refractivity contribution in [3.63, 3.8) is 0 Å². The van der Waals surface area contributed by atoms with Gasteiger partial charge in [0, 0.05) is 15.1 Å². The number of benzene rings is 4. The van der Waals surface area contributed by atoms with Gasteiger partial charge in [0.15, 0.2) is 0 Å². The van der Waals surface area contributed by atoms with Crippen LogP contribution < -0.4 is 15.0 Å². The van der Waals surface area contributed by atoms with Gasteiger partial charge in [0.1, 0.15) is 18.1 Å². The summed E-state index contributed by atoms with van der Waals surface area (Å²) in [5, 5.41) is 5.39. The molecule has 34 heavy (non-hydrogen) atoms. The number of halogens is 2. The second kappa shape index (κ2) is 9.33. The maximum absolute atomic E-state index is 13.0. The number of hydrogen-bond acceptors (Lipinski definition) is 3. The molecule has 7 heteroatoms. The Morgan fingerprint density at radius 3 is 2.56 bits per heavy atom. The first-order valence-electron chi connectivity index (χ1n) is 10.5. The summed E-state index contributed by atoms with van der Waals surface area (Å²) in [6.45, 7) is 0.359. The predicted molar refractivity (Wildman–Crippen MR) is 138 cm³/mol. The van der Waals surface area contributed by atoms with E-state index in [2.05, 4.69) is 45.5 Å². The topological polar surface area (TPSA) is 58.6 Å². The van der Waals surface area contributed by atoms with Gasteiger partial charge in [-0.05, 0) is 64.9 Å². The number of fused-ring (bicyclic) bond motifs is 1. The van der Waals surface area contributed by atoms with Gasteiger partial charge in [0.25, 0.3) is 5.91 Å². The second-order valence-corrected chi connectivity index (χ2v) is 9.11. The SMILES string of the molecule is O=C1N/C(=C/c2cc(Br)ccc2OCc2ccc3ccccc3c2)C(=O)N1c1cccc(Cl)c1.